The Balaban J connectivity index is 2.61. The van der Waals surface area contributed by atoms with E-state index in [1.54, 1.807) is 19.1 Å². The fourth-order valence-corrected chi connectivity index (χ4v) is 3.11. The Kier molecular flexibility index (Phi) is 6.64. The maximum absolute atomic E-state index is 12.1. The Morgan fingerprint density at radius 1 is 1.33 bits per heavy atom. The Morgan fingerprint density at radius 2 is 1.95 bits per heavy atom. The molecule has 6 nitrogen and oxygen atoms in total. The molecule has 118 valence electrons. The molecular weight excluding hydrogens is 294 g/mol. The average molecular weight is 315 g/mol. The highest BCUT2D eigenvalue weighted by Gasteiger charge is 2.17. The van der Waals surface area contributed by atoms with Crippen LogP contribution >= 0.6 is 0 Å². The first-order valence-corrected chi connectivity index (χ1v) is 8.30. The topological polar surface area (TPSA) is 92.7 Å². The molecule has 0 saturated carbocycles. The molecule has 1 aromatic rings. The number of hydrogen-bond acceptors (Lipinski definition) is 4. The van der Waals surface area contributed by atoms with Crippen LogP contribution < -0.4 is 9.46 Å². The molecule has 0 aliphatic rings. The van der Waals surface area contributed by atoms with E-state index in [0.29, 0.717) is 25.2 Å². The van der Waals surface area contributed by atoms with Crippen LogP contribution in [0, 0.1) is 0 Å². The summed E-state index contributed by atoms with van der Waals surface area (Å²) in [5.41, 5.74) is 0. The van der Waals surface area contributed by atoms with E-state index in [-0.39, 0.29) is 17.4 Å². The van der Waals surface area contributed by atoms with Crippen LogP contribution in [-0.4, -0.2) is 32.1 Å². The number of aliphatic carboxylic acids is 1. The highest BCUT2D eigenvalue weighted by Crippen LogP contribution is 2.16. The van der Waals surface area contributed by atoms with E-state index in [2.05, 4.69) is 4.72 Å². The van der Waals surface area contributed by atoms with Crippen molar-refractivity contribution in [3.8, 4) is 5.75 Å². The molecule has 7 heteroatoms. The molecule has 0 aromatic heterocycles. The van der Waals surface area contributed by atoms with E-state index < -0.39 is 16.0 Å². The second kappa shape index (κ2) is 7.99. The van der Waals surface area contributed by atoms with E-state index in [1.165, 1.54) is 12.1 Å². The maximum Gasteiger partial charge on any atom is 0.303 e. The molecule has 21 heavy (non-hydrogen) atoms. The molecule has 0 radical (unpaired) electrons. The van der Waals surface area contributed by atoms with Crippen molar-refractivity contribution in [2.75, 3.05) is 6.61 Å². The van der Waals surface area contributed by atoms with Gasteiger partial charge in [-0.1, -0.05) is 0 Å². The van der Waals surface area contributed by atoms with E-state index in [4.69, 9.17) is 9.84 Å². The predicted octanol–water partition coefficient (Wildman–Crippen LogP) is 2.01. The van der Waals surface area contributed by atoms with Crippen molar-refractivity contribution in [3.63, 3.8) is 0 Å². The molecule has 1 atom stereocenters. The molecule has 0 aliphatic heterocycles. The minimum absolute atomic E-state index is 0.0368. The summed E-state index contributed by atoms with van der Waals surface area (Å²) in [5.74, 6) is -0.262. The van der Waals surface area contributed by atoms with Crippen molar-refractivity contribution in [2.45, 2.75) is 44.0 Å². The molecule has 0 bridgehead atoms. The van der Waals surface area contributed by atoms with E-state index in [9.17, 15) is 13.2 Å². The van der Waals surface area contributed by atoms with Gasteiger partial charge < -0.3 is 9.84 Å². The second-order valence-corrected chi connectivity index (χ2v) is 6.43. The quantitative estimate of drug-likeness (QED) is 0.727. The SMILES string of the molecule is CCOc1ccc(S(=O)(=O)NC(C)CCCC(=O)O)cc1. The molecule has 2 N–H and O–H groups in total. The lowest BCUT2D eigenvalue weighted by atomic mass is 10.1. The van der Waals surface area contributed by atoms with Crippen molar-refractivity contribution < 1.29 is 23.1 Å². The molecule has 0 heterocycles. The standard InChI is InChI=1S/C14H21NO5S/c1-3-20-12-7-9-13(10-8-12)21(18,19)15-11(2)5-4-6-14(16)17/h7-11,15H,3-6H2,1-2H3,(H,16,17). The lowest BCUT2D eigenvalue weighted by molar-refractivity contribution is -0.137. The summed E-state index contributed by atoms with van der Waals surface area (Å²) < 4.78 is 32.1. The number of hydrogen-bond donors (Lipinski definition) is 2. The van der Waals surface area contributed by atoms with Gasteiger partial charge in [-0.05, 0) is 51.0 Å². The van der Waals surface area contributed by atoms with Crippen molar-refractivity contribution >= 4 is 16.0 Å². The molecule has 0 spiro atoms. The number of sulfonamides is 1. The first kappa shape index (κ1) is 17.5. The summed E-state index contributed by atoms with van der Waals surface area (Å²) >= 11 is 0. The molecule has 0 saturated heterocycles. The molecular formula is C14H21NO5S. The van der Waals surface area contributed by atoms with Gasteiger partial charge in [-0.15, -0.1) is 0 Å². The molecule has 0 fully saturated rings. The Morgan fingerprint density at radius 3 is 2.48 bits per heavy atom. The first-order chi connectivity index (χ1) is 9.85. The van der Waals surface area contributed by atoms with Crippen LogP contribution in [0.5, 0.6) is 5.75 Å². The lowest BCUT2D eigenvalue weighted by Gasteiger charge is -2.14. The smallest absolute Gasteiger partial charge is 0.303 e. The van der Waals surface area contributed by atoms with E-state index in [0.717, 1.165) is 0 Å². The van der Waals surface area contributed by atoms with Crippen LogP contribution in [0.25, 0.3) is 0 Å². The zero-order valence-electron chi connectivity index (χ0n) is 12.2. The van der Waals surface area contributed by atoms with Gasteiger partial charge in [0.05, 0.1) is 11.5 Å². The number of benzene rings is 1. The summed E-state index contributed by atoms with van der Waals surface area (Å²) in [7, 11) is -3.59. The second-order valence-electron chi connectivity index (χ2n) is 4.71. The number of rotatable bonds is 9. The first-order valence-electron chi connectivity index (χ1n) is 6.82. The van der Waals surface area contributed by atoms with Gasteiger partial charge in [0.15, 0.2) is 0 Å². The third-order valence-electron chi connectivity index (χ3n) is 2.83. The van der Waals surface area contributed by atoms with Gasteiger partial charge in [0, 0.05) is 12.5 Å². The molecule has 1 rings (SSSR count). The number of nitrogens with one attached hydrogen (secondary N) is 1. The minimum Gasteiger partial charge on any atom is -0.494 e. The monoisotopic (exact) mass is 315 g/mol. The minimum atomic E-state index is -3.59. The molecule has 1 aromatic carbocycles. The maximum atomic E-state index is 12.1. The zero-order chi connectivity index (χ0) is 15.9. The Labute approximate surface area is 125 Å². The van der Waals surface area contributed by atoms with Crippen LogP contribution in [0.3, 0.4) is 0 Å². The van der Waals surface area contributed by atoms with Crippen LogP contribution in [0.2, 0.25) is 0 Å². The number of carboxylic acids is 1. The molecule has 1 unspecified atom stereocenters. The zero-order valence-corrected chi connectivity index (χ0v) is 13.0. The van der Waals surface area contributed by atoms with Crippen LogP contribution in [0.15, 0.2) is 29.2 Å². The average Bonchev–Trinajstić information content (AvgIpc) is 2.38. The Bertz CT molecular complexity index is 553. The van der Waals surface area contributed by atoms with Crippen LogP contribution in [0.1, 0.15) is 33.1 Å². The fraction of sp³-hybridized carbons (Fsp3) is 0.500. The Hall–Kier alpha value is -1.60. The summed E-state index contributed by atoms with van der Waals surface area (Å²) in [6.45, 7) is 4.09. The van der Waals surface area contributed by atoms with Crippen molar-refractivity contribution in [3.05, 3.63) is 24.3 Å². The van der Waals surface area contributed by atoms with Gasteiger partial charge in [-0.25, -0.2) is 13.1 Å². The van der Waals surface area contributed by atoms with Crippen molar-refractivity contribution in [2.24, 2.45) is 0 Å². The highest BCUT2D eigenvalue weighted by molar-refractivity contribution is 7.89. The van der Waals surface area contributed by atoms with Gasteiger partial charge in [0.2, 0.25) is 10.0 Å². The van der Waals surface area contributed by atoms with Crippen LogP contribution in [-0.2, 0) is 14.8 Å². The van der Waals surface area contributed by atoms with Gasteiger partial charge in [-0.3, -0.25) is 4.79 Å². The van der Waals surface area contributed by atoms with Gasteiger partial charge in [-0.2, -0.15) is 0 Å². The molecule has 0 amide bonds. The largest absolute Gasteiger partial charge is 0.494 e. The summed E-state index contributed by atoms with van der Waals surface area (Å²) in [6, 6.07) is 5.86. The molecule has 0 aliphatic carbocycles. The van der Waals surface area contributed by atoms with E-state index in [1.807, 2.05) is 6.92 Å². The summed E-state index contributed by atoms with van der Waals surface area (Å²) in [5, 5.41) is 8.56. The highest BCUT2D eigenvalue weighted by atomic mass is 32.2. The normalized spacial score (nSPS) is 12.9. The third-order valence-corrected chi connectivity index (χ3v) is 4.43. The van der Waals surface area contributed by atoms with Gasteiger partial charge in [0.25, 0.3) is 0 Å². The predicted molar refractivity (Wildman–Crippen MR) is 78.9 cm³/mol. The van der Waals surface area contributed by atoms with Crippen molar-refractivity contribution in [1.82, 2.24) is 4.72 Å². The van der Waals surface area contributed by atoms with Crippen LogP contribution in [0.4, 0.5) is 0 Å². The fourth-order valence-electron chi connectivity index (χ4n) is 1.83. The number of carboxylic acid groups (broad SMARTS) is 1. The summed E-state index contributed by atoms with van der Waals surface area (Å²) in [6.07, 6.45) is 0.944. The number of ether oxygens (including phenoxy) is 1. The van der Waals surface area contributed by atoms with Gasteiger partial charge >= 0.3 is 5.97 Å². The number of carbonyl (C=O) groups is 1. The van der Waals surface area contributed by atoms with Crippen molar-refractivity contribution in [1.29, 1.82) is 0 Å². The van der Waals surface area contributed by atoms with Gasteiger partial charge in [0.1, 0.15) is 5.75 Å². The lowest BCUT2D eigenvalue weighted by Crippen LogP contribution is -2.32. The summed E-state index contributed by atoms with van der Waals surface area (Å²) in [4.78, 5) is 10.6. The van der Waals surface area contributed by atoms with E-state index >= 15 is 0 Å². The third kappa shape index (κ3) is 6.14.